The fraction of sp³-hybridized carbons (Fsp3) is 1.00. The first-order valence-electron chi connectivity index (χ1n) is 4.52. The standard InChI is InChI=1S/C9H19NO2/c1-9(2,3)10-7-4-6(11)5-8(7)12/h6-8,10-12H,4-5H2,1-3H3. The van der Waals surface area contributed by atoms with E-state index in [1.165, 1.54) is 0 Å². The van der Waals surface area contributed by atoms with Crippen LogP contribution in [-0.2, 0) is 0 Å². The van der Waals surface area contributed by atoms with Crippen molar-refractivity contribution in [3.8, 4) is 0 Å². The maximum atomic E-state index is 9.50. The Morgan fingerprint density at radius 1 is 1.17 bits per heavy atom. The molecule has 1 rings (SSSR count). The molecule has 0 aromatic heterocycles. The molecule has 0 heterocycles. The first-order valence-corrected chi connectivity index (χ1v) is 4.52. The molecule has 0 amide bonds. The highest BCUT2D eigenvalue weighted by molar-refractivity contribution is 4.91. The predicted molar refractivity (Wildman–Crippen MR) is 47.9 cm³/mol. The van der Waals surface area contributed by atoms with Crippen LogP contribution in [0.4, 0.5) is 0 Å². The third kappa shape index (κ3) is 2.73. The lowest BCUT2D eigenvalue weighted by Crippen LogP contribution is -2.47. The van der Waals surface area contributed by atoms with Crippen LogP contribution in [0, 0.1) is 0 Å². The Hall–Kier alpha value is -0.120. The van der Waals surface area contributed by atoms with Crippen LogP contribution in [0.15, 0.2) is 0 Å². The Labute approximate surface area is 73.8 Å². The number of rotatable bonds is 1. The lowest BCUT2D eigenvalue weighted by atomic mass is 10.1. The minimum atomic E-state index is -0.390. The first kappa shape index (κ1) is 9.96. The Morgan fingerprint density at radius 2 is 1.75 bits per heavy atom. The van der Waals surface area contributed by atoms with Crippen LogP contribution in [0.3, 0.4) is 0 Å². The molecule has 0 saturated heterocycles. The van der Waals surface area contributed by atoms with E-state index in [1.807, 2.05) is 0 Å². The normalized spacial score (nSPS) is 37.2. The number of hydrogen-bond acceptors (Lipinski definition) is 3. The quantitative estimate of drug-likeness (QED) is 0.533. The molecule has 1 saturated carbocycles. The summed E-state index contributed by atoms with van der Waals surface area (Å²) in [4.78, 5) is 0. The second-order valence-corrected chi connectivity index (χ2v) is 4.69. The van der Waals surface area contributed by atoms with Crippen molar-refractivity contribution in [2.45, 2.75) is 57.4 Å². The summed E-state index contributed by atoms with van der Waals surface area (Å²) in [5, 5.41) is 22.1. The van der Waals surface area contributed by atoms with E-state index in [0.29, 0.717) is 12.8 Å². The van der Waals surface area contributed by atoms with Crippen LogP contribution >= 0.6 is 0 Å². The fourth-order valence-corrected chi connectivity index (χ4v) is 1.70. The number of aliphatic hydroxyl groups is 2. The van der Waals surface area contributed by atoms with Crippen LogP contribution in [-0.4, -0.2) is 34.0 Å². The molecule has 1 aliphatic carbocycles. The molecule has 0 aromatic carbocycles. The molecule has 3 N–H and O–H groups in total. The number of nitrogens with one attached hydrogen (secondary N) is 1. The van der Waals surface area contributed by atoms with E-state index in [9.17, 15) is 10.2 Å². The van der Waals surface area contributed by atoms with Gasteiger partial charge in [-0.25, -0.2) is 0 Å². The summed E-state index contributed by atoms with van der Waals surface area (Å²) < 4.78 is 0. The van der Waals surface area contributed by atoms with Crippen LogP contribution < -0.4 is 5.32 Å². The molecule has 3 heteroatoms. The largest absolute Gasteiger partial charge is 0.393 e. The molecule has 3 atom stereocenters. The molecule has 12 heavy (non-hydrogen) atoms. The summed E-state index contributed by atoms with van der Waals surface area (Å²) >= 11 is 0. The first-order chi connectivity index (χ1) is 5.38. The van der Waals surface area contributed by atoms with Crippen molar-refractivity contribution in [3.05, 3.63) is 0 Å². The topological polar surface area (TPSA) is 52.5 Å². The zero-order chi connectivity index (χ0) is 9.35. The molecule has 0 radical (unpaired) electrons. The van der Waals surface area contributed by atoms with Crippen LogP contribution in [0.5, 0.6) is 0 Å². The molecular formula is C9H19NO2. The molecule has 1 fully saturated rings. The molecule has 0 bridgehead atoms. The Balaban J connectivity index is 2.43. The van der Waals surface area contributed by atoms with Gasteiger partial charge in [0.25, 0.3) is 0 Å². The summed E-state index contributed by atoms with van der Waals surface area (Å²) in [5.74, 6) is 0. The Kier molecular flexibility index (Phi) is 2.76. The van der Waals surface area contributed by atoms with Crippen molar-refractivity contribution in [1.82, 2.24) is 5.32 Å². The van der Waals surface area contributed by atoms with Crippen molar-refractivity contribution in [2.24, 2.45) is 0 Å². The summed E-state index contributed by atoms with van der Waals surface area (Å²) in [6.45, 7) is 6.18. The van der Waals surface area contributed by atoms with Gasteiger partial charge in [-0.3, -0.25) is 0 Å². The number of aliphatic hydroxyl groups excluding tert-OH is 2. The molecule has 72 valence electrons. The third-order valence-corrected chi connectivity index (χ3v) is 2.12. The summed E-state index contributed by atoms with van der Waals surface area (Å²) in [7, 11) is 0. The lowest BCUT2D eigenvalue weighted by Gasteiger charge is -2.27. The molecular weight excluding hydrogens is 154 g/mol. The molecule has 0 spiro atoms. The SMILES string of the molecule is CC(C)(C)NC1CC(O)CC1O. The van der Waals surface area contributed by atoms with Gasteiger partial charge in [-0.2, -0.15) is 0 Å². The van der Waals surface area contributed by atoms with Gasteiger partial charge in [-0.1, -0.05) is 0 Å². The zero-order valence-electron chi connectivity index (χ0n) is 8.04. The highest BCUT2D eigenvalue weighted by Gasteiger charge is 2.33. The van der Waals surface area contributed by atoms with Crippen molar-refractivity contribution in [2.75, 3.05) is 0 Å². The molecule has 1 aliphatic rings. The predicted octanol–water partition coefficient (Wildman–Crippen LogP) is 0.259. The van der Waals surface area contributed by atoms with Gasteiger partial charge in [0.15, 0.2) is 0 Å². The van der Waals surface area contributed by atoms with E-state index < -0.39 is 0 Å². The third-order valence-electron chi connectivity index (χ3n) is 2.12. The van der Waals surface area contributed by atoms with Crippen LogP contribution in [0.2, 0.25) is 0 Å². The van der Waals surface area contributed by atoms with Crippen molar-refractivity contribution < 1.29 is 10.2 Å². The van der Waals surface area contributed by atoms with Gasteiger partial charge in [-0.05, 0) is 27.2 Å². The Morgan fingerprint density at radius 3 is 2.08 bits per heavy atom. The molecule has 3 unspecified atom stereocenters. The van der Waals surface area contributed by atoms with Gasteiger partial charge in [0.1, 0.15) is 0 Å². The summed E-state index contributed by atoms with van der Waals surface area (Å²) in [6.07, 6.45) is 0.450. The molecule has 3 nitrogen and oxygen atoms in total. The van der Waals surface area contributed by atoms with Crippen LogP contribution in [0.25, 0.3) is 0 Å². The van der Waals surface area contributed by atoms with Gasteiger partial charge < -0.3 is 15.5 Å². The smallest absolute Gasteiger partial charge is 0.0718 e. The van der Waals surface area contributed by atoms with Gasteiger partial charge >= 0.3 is 0 Å². The van der Waals surface area contributed by atoms with Crippen molar-refractivity contribution in [3.63, 3.8) is 0 Å². The second kappa shape index (κ2) is 3.32. The lowest BCUT2D eigenvalue weighted by molar-refractivity contribution is 0.121. The average molecular weight is 173 g/mol. The number of hydrogen-bond donors (Lipinski definition) is 3. The molecule has 0 aliphatic heterocycles. The van der Waals surface area contributed by atoms with Gasteiger partial charge in [0, 0.05) is 18.0 Å². The van der Waals surface area contributed by atoms with E-state index in [0.717, 1.165) is 0 Å². The Bertz CT molecular complexity index is 153. The maximum Gasteiger partial charge on any atom is 0.0718 e. The van der Waals surface area contributed by atoms with E-state index in [2.05, 4.69) is 26.1 Å². The summed E-state index contributed by atoms with van der Waals surface area (Å²) in [5.41, 5.74) is 0.00963. The highest BCUT2D eigenvalue weighted by Crippen LogP contribution is 2.21. The zero-order valence-corrected chi connectivity index (χ0v) is 8.04. The van der Waals surface area contributed by atoms with E-state index in [4.69, 9.17) is 0 Å². The van der Waals surface area contributed by atoms with Crippen molar-refractivity contribution in [1.29, 1.82) is 0 Å². The monoisotopic (exact) mass is 173 g/mol. The van der Waals surface area contributed by atoms with Gasteiger partial charge in [0.05, 0.1) is 12.2 Å². The van der Waals surface area contributed by atoms with Crippen molar-refractivity contribution >= 4 is 0 Å². The van der Waals surface area contributed by atoms with Gasteiger partial charge in [0.2, 0.25) is 0 Å². The minimum absolute atomic E-state index is 0.00963. The van der Waals surface area contributed by atoms with E-state index in [-0.39, 0.29) is 23.8 Å². The molecule has 0 aromatic rings. The average Bonchev–Trinajstić information content (AvgIpc) is 2.06. The van der Waals surface area contributed by atoms with E-state index >= 15 is 0 Å². The minimum Gasteiger partial charge on any atom is -0.393 e. The second-order valence-electron chi connectivity index (χ2n) is 4.69. The highest BCUT2D eigenvalue weighted by atomic mass is 16.3. The summed E-state index contributed by atoms with van der Waals surface area (Å²) in [6, 6.07) is 0.0556. The van der Waals surface area contributed by atoms with E-state index in [1.54, 1.807) is 0 Å². The van der Waals surface area contributed by atoms with Gasteiger partial charge in [-0.15, -0.1) is 0 Å². The fourth-order valence-electron chi connectivity index (χ4n) is 1.70. The van der Waals surface area contributed by atoms with Crippen LogP contribution in [0.1, 0.15) is 33.6 Å². The maximum absolute atomic E-state index is 9.50.